The smallest absolute Gasteiger partial charge is 0.179 e. The Morgan fingerprint density at radius 3 is 0.549 bits per heavy atom. The molecule has 0 spiro atoms. The summed E-state index contributed by atoms with van der Waals surface area (Å²) >= 11 is 16.9. The normalized spacial score (nSPS) is 14.5. The predicted molar refractivity (Wildman–Crippen MR) is 437 cm³/mol. The molecule has 12 heteroatoms. The zero-order valence-corrected chi connectivity index (χ0v) is 67.3. The van der Waals surface area contributed by atoms with Crippen molar-refractivity contribution in [1.82, 2.24) is 0 Å². The quantitative estimate of drug-likeness (QED) is 0.0938. The van der Waals surface area contributed by atoms with E-state index in [1.807, 2.05) is 36.4 Å². The molecule has 2 aliphatic heterocycles. The van der Waals surface area contributed by atoms with Crippen LogP contribution in [-0.2, 0) is 44.8 Å². The minimum atomic E-state index is -0.773. The van der Waals surface area contributed by atoms with Gasteiger partial charge in [-0.15, -0.1) is 0 Å². The van der Waals surface area contributed by atoms with Gasteiger partial charge >= 0.3 is 164 Å². The molecular formula is C79H58I7O2V3. The van der Waals surface area contributed by atoms with E-state index in [0.29, 0.717) is 18.9 Å². The maximum atomic E-state index is 6.36. The van der Waals surface area contributed by atoms with Gasteiger partial charge in [0, 0.05) is 22.3 Å². The molecule has 0 fully saturated rings. The number of benzene rings is 14. The van der Waals surface area contributed by atoms with Crippen molar-refractivity contribution >= 4 is 183 Å². The second kappa shape index (κ2) is 34.7. The Morgan fingerprint density at radius 2 is 0.374 bits per heavy atom. The molecule has 2 nitrogen and oxygen atoms in total. The Bertz CT molecular complexity index is 4000. The van der Waals surface area contributed by atoms with Crippen LogP contribution in [0.25, 0.3) is 87.6 Å². The molecule has 0 N–H and O–H groups in total. The van der Waals surface area contributed by atoms with Crippen LogP contribution in [0.4, 0.5) is 0 Å². The summed E-state index contributed by atoms with van der Waals surface area (Å²) in [6.45, 7) is 0. The first-order valence-electron chi connectivity index (χ1n) is 28.7. The number of rotatable bonds is 6. The van der Waals surface area contributed by atoms with Crippen molar-refractivity contribution in [2.45, 2.75) is 18.6 Å². The first-order chi connectivity index (χ1) is 44.3. The molecule has 14 aromatic rings. The van der Waals surface area contributed by atoms with E-state index in [1.54, 1.807) is 0 Å². The Balaban J connectivity index is 0.000000139. The van der Waals surface area contributed by atoms with Crippen LogP contribution >= 0.6 is 140 Å². The molecule has 0 amide bonds. The molecule has 450 valence electrons. The third kappa shape index (κ3) is 15.4. The van der Waals surface area contributed by atoms with Gasteiger partial charge in [-0.1, -0.05) is 335 Å². The molecule has 2 bridgehead atoms. The summed E-state index contributed by atoms with van der Waals surface area (Å²) in [4.78, 5) is 12.4. The van der Waals surface area contributed by atoms with Gasteiger partial charge in [-0.25, -0.2) is 9.78 Å². The minimum absolute atomic E-state index is 0. The van der Waals surface area contributed by atoms with Crippen LogP contribution in [0, 0.1) is 0 Å². The molecule has 0 unspecified atom stereocenters. The number of hydrogen-bond acceptors (Lipinski definition) is 2. The van der Waals surface area contributed by atoms with E-state index >= 15 is 0 Å². The number of fused-ring (bicyclic) bond motifs is 5. The van der Waals surface area contributed by atoms with Gasteiger partial charge in [0.05, 0.1) is 0 Å². The van der Waals surface area contributed by atoms with E-state index < -0.39 is 11.2 Å². The molecule has 3 aliphatic rings. The van der Waals surface area contributed by atoms with Crippen molar-refractivity contribution in [3.63, 3.8) is 0 Å². The van der Waals surface area contributed by atoms with Crippen LogP contribution in [0.1, 0.15) is 40.8 Å². The van der Waals surface area contributed by atoms with E-state index in [2.05, 4.69) is 431 Å². The second-order valence-corrected chi connectivity index (χ2v) is 79.8. The molecule has 0 radical (unpaired) electrons. The first-order valence-corrected chi connectivity index (χ1v) is 60.2. The van der Waals surface area contributed by atoms with Gasteiger partial charge in [0.2, 0.25) is 0 Å². The molecule has 2 heterocycles. The van der Waals surface area contributed by atoms with Crippen molar-refractivity contribution in [3.8, 4) is 44.5 Å². The van der Waals surface area contributed by atoms with Gasteiger partial charge in [-0.2, -0.15) is 0 Å². The molecule has 1 aliphatic carbocycles. The monoisotopic (exact) mass is 2080 g/mol. The van der Waals surface area contributed by atoms with Crippen molar-refractivity contribution in [2.24, 2.45) is 0 Å². The molecule has 0 aromatic heterocycles. The fourth-order valence-corrected chi connectivity index (χ4v) is 12.8. The summed E-state index contributed by atoms with van der Waals surface area (Å²) in [6.07, 6.45) is 0. The zero-order valence-electron chi connectivity index (χ0n) is 48.0. The van der Waals surface area contributed by atoms with E-state index in [-0.39, 0.29) is 12.3 Å². The Kier molecular flexibility index (Phi) is 27.0. The van der Waals surface area contributed by atoms with Gasteiger partial charge in [0.25, 0.3) is 0 Å². The molecule has 91 heavy (non-hydrogen) atoms. The Morgan fingerprint density at radius 1 is 0.231 bits per heavy atom. The second-order valence-electron chi connectivity index (χ2n) is 20.8. The van der Waals surface area contributed by atoms with Gasteiger partial charge in [-0.3, -0.25) is 0 Å². The number of halogens is 7. The molecule has 17 rings (SSSR count). The van der Waals surface area contributed by atoms with Gasteiger partial charge < -0.3 is 0 Å². The summed E-state index contributed by atoms with van der Waals surface area (Å²) in [6, 6.07) is 116. The standard InChI is InChI=1S/C26H18O2.2C26H18.CH4.7HI.3V/c1-3-11-19(12-4-1)25-21-15-7-9-17-23(21)26(28-27-25,20-13-5-2-6-14-20)24-18-10-8-16-22(24)25;2*1-3-11-19(12-4-1)25-21-15-7-9-17-23(21)26(20-13-5-2-6-14-20)24-18-10-8-16-22(24)25;;;;;;;;;;;/h1-18H;2*1-18H;1H4;7*1H;;;/q;;;;;;;;;;;2*+2;+3/p-7. The van der Waals surface area contributed by atoms with Crippen LogP contribution in [0.5, 0.6) is 0 Å². The maximum absolute atomic E-state index is 6.36. The van der Waals surface area contributed by atoms with Crippen molar-refractivity contribution in [3.05, 3.63) is 361 Å². The summed E-state index contributed by atoms with van der Waals surface area (Å²) in [7, 11) is 1.25. The van der Waals surface area contributed by atoms with Crippen LogP contribution in [0.2, 0.25) is 0 Å². The third-order valence-electron chi connectivity index (χ3n) is 16.1. The third-order valence-corrected chi connectivity index (χ3v) is 16.1. The molecule has 0 saturated heterocycles. The number of hydrogen-bond donors (Lipinski definition) is 0. The fourth-order valence-electron chi connectivity index (χ4n) is 12.8. The Labute approximate surface area is 630 Å². The topological polar surface area (TPSA) is 18.5 Å². The average Bonchev–Trinajstić information content (AvgIpc) is 0.677. The first kappa shape index (κ1) is 70.7. The van der Waals surface area contributed by atoms with Crippen LogP contribution < -0.4 is 0 Å². The Hall–Kier alpha value is -3.10. The predicted octanol–water partition coefficient (Wildman–Crippen LogP) is 27.0. The van der Waals surface area contributed by atoms with Gasteiger partial charge in [0.1, 0.15) is 0 Å². The van der Waals surface area contributed by atoms with Crippen molar-refractivity contribution in [1.29, 1.82) is 0 Å². The fraction of sp³-hybridized carbons (Fsp3) is 0.0380. The van der Waals surface area contributed by atoms with E-state index in [1.165, 1.54) is 87.6 Å². The molecule has 0 saturated carbocycles. The maximum Gasteiger partial charge on any atom is 0.179 e. The van der Waals surface area contributed by atoms with Crippen molar-refractivity contribution in [2.75, 3.05) is 0 Å². The summed E-state index contributed by atoms with van der Waals surface area (Å²) in [5.41, 5.74) is 15.4. The minimum Gasteiger partial charge on any atom is -0.214 e. The molecule has 0 atom stereocenters. The molecular weight excluding hydrogens is 2020 g/mol. The van der Waals surface area contributed by atoms with Crippen LogP contribution in [0.15, 0.2) is 328 Å². The van der Waals surface area contributed by atoms with Crippen molar-refractivity contribution < 1.29 is 33.6 Å². The van der Waals surface area contributed by atoms with Crippen LogP contribution in [0.3, 0.4) is 0 Å². The SMILES string of the molecule is C.[I][V]([I])[I].[I][V][I].[I][V][I].c1ccc(-c2c3ccccc3c(-c3ccccc3)c3ccccc23)cc1.c1ccc(-c2c3ccccc3c(-c3ccccc3)c3ccccc23)cc1.c1ccc(C23OOC(c4ccccc4)(c4ccccc42)c2ccccc23)cc1. The van der Waals surface area contributed by atoms with Gasteiger partial charge in [-0.05, 0) is 98.7 Å². The largest absolute Gasteiger partial charge is 0.214 e. The zero-order chi connectivity index (χ0) is 62.3. The van der Waals surface area contributed by atoms with E-state index in [9.17, 15) is 0 Å². The molecule has 14 aromatic carbocycles. The van der Waals surface area contributed by atoms with Crippen LogP contribution in [-0.4, -0.2) is 0 Å². The van der Waals surface area contributed by atoms with Gasteiger partial charge in [0.15, 0.2) is 11.2 Å². The van der Waals surface area contributed by atoms with E-state index in [0.717, 1.165) is 33.4 Å². The van der Waals surface area contributed by atoms with E-state index in [4.69, 9.17) is 9.78 Å². The summed E-state index contributed by atoms with van der Waals surface area (Å²) in [5, 5.41) is 10.4. The summed E-state index contributed by atoms with van der Waals surface area (Å²) < 4.78 is 0. The summed E-state index contributed by atoms with van der Waals surface area (Å²) in [5.74, 6) is 0. The average molecular weight is 2080 g/mol.